The third-order valence-electron chi connectivity index (χ3n) is 4.44. The monoisotopic (exact) mass is 295 g/mol. The fourth-order valence-corrected chi connectivity index (χ4v) is 3.17. The Morgan fingerprint density at radius 1 is 1.45 bits per heavy atom. The Hall–Kier alpha value is -0.570. The van der Waals surface area contributed by atoms with E-state index in [0.29, 0.717) is 12.1 Å². The van der Waals surface area contributed by atoms with Crippen molar-refractivity contribution in [2.75, 3.05) is 6.61 Å². The summed E-state index contributed by atoms with van der Waals surface area (Å²) in [5.41, 5.74) is 1.31. The van der Waals surface area contributed by atoms with Gasteiger partial charge in [0.2, 0.25) is 0 Å². The average molecular weight is 296 g/mol. The molecule has 20 heavy (non-hydrogen) atoms. The highest BCUT2D eigenvalue weighted by molar-refractivity contribution is 6.30. The molecule has 1 N–H and O–H groups in total. The molecule has 1 fully saturated rings. The van der Waals surface area contributed by atoms with Gasteiger partial charge in [-0.05, 0) is 50.3 Å². The molecule has 112 valence electrons. The summed E-state index contributed by atoms with van der Waals surface area (Å²) in [5, 5.41) is 4.61. The van der Waals surface area contributed by atoms with Crippen LogP contribution in [0.2, 0.25) is 5.02 Å². The van der Waals surface area contributed by atoms with Crippen LogP contribution in [0.5, 0.6) is 0 Å². The van der Waals surface area contributed by atoms with Gasteiger partial charge in [-0.25, -0.2) is 0 Å². The SMILES string of the molecule is CCC(NC1CCOC(C)(CC)C1)c1cccc(Cl)c1. The van der Waals surface area contributed by atoms with Gasteiger partial charge >= 0.3 is 0 Å². The highest BCUT2D eigenvalue weighted by atomic mass is 35.5. The van der Waals surface area contributed by atoms with Crippen molar-refractivity contribution in [1.82, 2.24) is 5.32 Å². The molecule has 0 aromatic heterocycles. The van der Waals surface area contributed by atoms with Gasteiger partial charge in [0, 0.05) is 23.7 Å². The minimum absolute atomic E-state index is 0.0303. The number of hydrogen-bond donors (Lipinski definition) is 1. The van der Waals surface area contributed by atoms with E-state index in [4.69, 9.17) is 16.3 Å². The third-order valence-corrected chi connectivity index (χ3v) is 4.67. The summed E-state index contributed by atoms with van der Waals surface area (Å²) >= 11 is 6.11. The number of halogens is 1. The zero-order valence-corrected chi connectivity index (χ0v) is 13.5. The number of rotatable bonds is 5. The van der Waals surface area contributed by atoms with E-state index < -0.39 is 0 Å². The van der Waals surface area contributed by atoms with Crippen molar-refractivity contribution in [1.29, 1.82) is 0 Å². The first-order valence-corrected chi connectivity index (χ1v) is 8.09. The molecule has 1 aliphatic heterocycles. The first-order valence-electron chi connectivity index (χ1n) is 7.72. The normalized spacial score (nSPS) is 28.3. The zero-order valence-electron chi connectivity index (χ0n) is 12.8. The van der Waals surface area contributed by atoms with Crippen LogP contribution in [0.15, 0.2) is 24.3 Å². The van der Waals surface area contributed by atoms with Crippen LogP contribution in [0.25, 0.3) is 0 Å². The van der Waals surface area contributed by atoms with E-state index in [1.54, 1.807) is 0 Å². The van der Waals surface area contributed by atoms with E-state index in [1.807, 2.05) is 12.1 Å². The molecule has 0 radical (unpaired) electrons. The second-order valence-corrected chi connectivity index (χ2v) is 6.46. The molecular weight excluding hydrogens is 270 g/mol. The first-order chi connectivity index (χ1) is 9.56. The topological polar surface area (TPSA) is 21.3 Å². The van der Waals surface area contributed by atoms with Crippen molar-refractivity contribution < 1.29 is 4.74 Å². The lowest BCUT2D eigenvalue weighted by Gasteiger charge is -2.39. The van der Waals surface area contributed by atoms with Crippen molar-refractivity contribution in [3.8, 4) is 0 Å². The molecule has 2 rings (SSSR count). The maximum atomic E-state index is 6.11. The van der Waals surface area contributed by atoms with Gasteiger partial charge in [-0.1, -0.05) is 37.6 Å². The zero-order chi connectivity index (χ0) is 14.6. The Morgan fingerprint density at radius 3 is 2.90 bits per heavy atom. The molecule has 1 aromatic rings. The van der Waals surface area contributed by atoms with Crippen LogP contribution < -0.4 is 5.32 Å². The Balaban J connectivity index is 2.03. The van der Waals surface area contributed by atoms with Gasteiger partial charge in [-0.15, -0.1) is 0 Å². The van der Waals surface area contributed by atoms with Crippen molar-refractivity contribution in [2.24, 2.45) is 0 Å². The molecule has 0 amide bonds. The minimum atomic E-state index is 0.0303. The van der Waals surface area contributed by atoms with Crippen LogP contribution in [-0.4, -0.2) is 18.2 Å². The quantitative estimate of drug-likeness (QED) is 0.848. The lowest BCUT2D eigenvalue weighted by Crippen LogP contribution is -2.46. The summed E-state index contributed by atoms with van der Waals surface area (Å²) in [5.74, 6) is 0. The molecule has 2 nitrogen and oxygen atoms in total. The van der Waals surface area contributed by atoms with Gasteiger partial charge in [-0.2, -0.15) is 0 Å². The molecule has 1 heterocycles. The van der Waals surface area contributed by atoms with Gasteiger partial charge in [0.25, 0.3) is 0 Å². The van der Waals surface area contributed by atoms with Crippen LogP contribution in [0.1, 0.15) is 58.1 Å². The van der Waals surface area contributed by atoms with E-state index >= 15 is 0 Å². The van der Waals surface area contributed by atoms with Crippen LogP contribution in [0, 0.1) is 0 Å². The molecule has 1 aromatic carbocycles. The second-order valence-electron chi connectivity index (χ2n) is 6.02. The number of nitrogens with one attached hydrogen (secondary N) is 1. The molecule has 0 saturated carbocycles. The van der Waals surface area contributed by atoms with Crippen LogP contribution in [-0.2, 0) is 4.74 Å². The summed E-state index contributed by atoms with van der Waals surface area (Å²) < 4.78 is 5.92. The van der Waals surface area contributed by atoms with Crippen molar-refractivity contribution in [3.63, 3.8) is 0 Å². The lowest BCUT2D eigenvalue weighted by molar-refractivity contribution is -0.0792. The van der Waals surface area contributed by atoms with Gasteiger partial charge in [0.15, 0.2) is 0 Å². The predicted octanol–water partition coefficient (Wildman–Crippen LogP) is 4.73. The smallest absolute Gasteiger partial charge is 0.0666 e. The predicted molar refractivity (Wildman–Crippen MR) is 85.3 cm³/mol. The maximum Gasteiger partial charge on any atom is 0.0666 e. The molecule has 1 aliphatic rings. The van der Waals surface area contributed by atoms with Gasteiger partial charge < -0.3 is 10.1 Å². The Morgan fingerprint density at radius 2 is 2.25 bits per heavy atom. The Labute approximate surface area is 127 Å². The van der Waals surface area contributed by atoms with Crippen LogP contribution in [0.4, 0.5) is 0 Å². The molecule has 1 saturated heterocycles. The average Bonchev–Trinajstić information content (AvgIpc) is 2.45. The number of benzene rings is 1. The molecule has 0 aliphatic carbocycles. The van der Waals surface area contributed by atoms with E-state index in [-0.39, 0.29) is 5.60 Å². The fourth-order valence-electron chi connectivity index (χ4n) is 2.98. The van der Waals surface area contributed by atoms with Crippen LogP contribution >= 0.6 is 11.6 Å². The van der Waals surface area contributed by atoms with Gasteiger partial charge in [0.05, 0.1) is 5.60 Å². The summed E-state index contributed by atoms with van der Waals surface area (Å²) in [6, 6.07) is 9.09. The third kappa shape index (κ3) is 3.97. The summed E-state index contributed by atoms with van der Waals surface area (Å²) in [4.78, 5) is 0. The van der Waals surface area contributed by atoms with Gasteiger partial charge in [0.1, 0.15) is 0 Å². The van der Waals surface area contributed by atoms with Crippen molar-refractivity contribution >= 4 is 11.6 Å². The maximum absolute atomic E-state index is 6.11. The summed E-state index contributed by atoms with van der Waals surface area (Å²) in [6.07, 6.45) is 4.31. The van der Waals surface area contributed by atoms with Crippen molar-refractivity contribution in [2.45, 2.75) is 64.1 Å². The molecule has 3 unspecified atom stereocenters. The highest BCUT2D eigenvalue weighted by Crippen LogP contribution is 2.30. The molecule has 3 heteroatoms. The first kappa shape index (κ1) is 15.8. The number of hydrogen-bond acceptors (Lipinski definition) is 2. The van der Waals surface area contributed by atoms with Crippen molar-refractivity contribution in [3.05, 3.63) is 34.9 Å². The van der Waals surface area contributed by atoms with Crippen LogP contribution in [0.3, 0.4) is 0 Å². The minimum Gasteiger partial charge on any atom is -0.375 e. The van der Waals surface area contributed by atoms with E-state index in [0.717, 1.165) is 37.3 Å². The molecule has 0 spiro atoms. The fraction of sp³-hybridized carbons (Fsp3) is 0.647. The largest absolute Gasteiger partial charge is 0.375 e. The van der Waals surface area contributed by atoms with E-state index in [2.05, 4.69) is 38.2 Å². The molecule has 3 atom stereocenters. The lowest BCUT2D eigenvalue weighted by atomic mass is 9.89. The van der Waals surface area contributed by atoms with E-state index in [9.17, 15) is 0 Å². The van der Waals surface area contributed by atoms with E-state index in [1.165, 1.54) is 5.56 Å². The molecular formula is C17H26ClNO. The Kier molecular flexibility index (Phi) is 5.48. The summed E-state index contributed by atoms with van der Waals surface area (Å²) in [7, 11) is 0. The van der Waals surface area contributed by atoms with Gasteiger partial charge in [-0.3, -0.25) is 0 Å². The second kappa shape index (κ2) is 6.93. The number of ether oxygens (including phenoxy) is 1. The highest BCUT2D eigenvalue weighted by Gasteiger charge is 2.32. The summed E-state index contributed by atoms with van der Waals surface area (Å²) in [6.45, 7) is 7.50. The Bertz CT molecular complexity index is 437. The standard InChI is InChI=1S/C17H26ClNO/c1-4-16(13-7-6-8-14(18)11-13)19-15-9-10-20-17(3,5-2)12-15/h6-8,11,15-16,19H,4-5,9-10,12H2,1-3H3. The molecule has 0 bridgehead atoms.